The van der Waals surface area contributed by atoms with Crippen molar-refractivity contribution in [3.05, 3.63) is 22.6 Å². The fourth-order valence-corrected chi connectivity index (χ4v) is 2.34. The molecular weight excluding hydrogens is 266 g/mol. The molecule has 0 amide bonds. The van der Waals surface area contributed by atoms with Crippen molar-refractivity contribution in [1.29, 1.82) is 0 Å². The Morgan fingerprint density at radius 2 is 1.94 bits per heavy atom. The predicted octanol–water partition coefficient (Wildman–Crippen LogP) is 4.79. The number of hydrogen-bond acceptors (Lipinski definition) is 2. The summed E-state index contributed by atoms with van der Waals surface area (Å²) in [6, 6.07) is 1.94. The summed E-state index contributed by atoms with van der Waals surface area (Å²) in [7, 11) is 0. The van der Waals surface area contributed by atoms with Crippen molar-refractivity contribution in [3.63, 3.8) is 0 Å². The lowest BCUT2D eigenvalue weighted by atomic mass is 10.0. The van der Waals surface area contributed by atoms with Gasteiger partial charge in [0.15, 0.2) is 0 Å². The van der Waals surface area contributed by atoms with Crippen molar-refractivity contribution in [2.75, 3.05) is 0 Å². The molecule has 0 fully saturated rings. The Morgan fingerprint density at radius 1 is 1.25 bits per heavy atom. The van der Waals surface area contributed by atoms with Gasteiger partial charge < -0.3 is 10.2 Å². The van der Waals surface area contributed by atoms with Crippen LogP contribution < -0.4 is 5.73 Å². The van der Waals surface area contributed by atoms with E-state index in [9.17, 15) is 0 Å². The highest BCUT2D eigenvalue weighted by Gasteiger charge is 2.12. The molecule has 92 valence electrons. The van der Waals surface area contributed by atoms with E-state index in [2.05, 4.69) is 22.9 Å². The summed E-state index contributed by atoms with van der Waals surface area (Å²) in [5.41, 5.74) is 6.06. The molecule has 2 nitrogen and oxygen atoms in total. The monoisotopic (exact) mass is 287 g/mol. The first-order valence-corrected chi connectivity index (χ1v) is 7.03. The zero-order valence-corrected chi connectivity index (χ0v) is 11.6. The predicted molar refractivity (Wildman–Crippen MR) is 71.3 cm³/mol. The normalized spacial score (nSPS) is 12.9. The molecule has 0 aliphatic rings. The lowest BCUT2D eigenvalue weighted by molar-refractivity contribution is 0.436. The van der Waals surface area contributed by atoms with Crippen LogP contribution in [0.1, 0.15) is 63.7 Å². The van der Waals surface area contributed by atoms with Crippen molar-refractivity contribution >= 4 is 15.9 Å². The minimum absolute atomic E-state index is 0.0375. The summed E-state index contributed by atoms with van der Waals surface area (Å²) in [5, 5.41) is 0. The van der Waals surface area contributed by atoms with Crippen molar-refractivity contribution in [1.82, 2.24) is 0 Å². The van der Waals surface area contributed by atoms with Crippen molar-refractivity contribution in [2.45, 2.75) is 57.9 Å². The number of halogens is 1. The highest BCUT2D eigenvalue weighted by atomic mass is 79.9. The maximum Gasteiger partial charge on any atom is 0.134 e. The Labute approximate surface area is 107 Å². The van der Waals surface area contributed by atoms with Crippen LogP contribution in [-0.2, 0) is 0 Å². The van der Waals surface area contributed by atoms with Gasteiger partial charge in [-0.15, -0.1) is 0 Å². The van der Waals surface area contributed by atoms with Crippen LogP contribution in [0, 0.1) is 0 Å². The molecule has 1 aromatic rings. The Morgan fingerprint density at radius 3 is 2.56 bits per heavy atom. The summed E-state index contributed by atoms with van der Waals surface area (Å²) in [5.74, 6) is 0.883. The van der Waals surface area contributed by atoms with Crippen LogP contribution in [0.2, 0.25) is 0 Å². The van der Waals surface area contributed by atoms with Crippen molar-refractivity contribution < 1.29 is 4.42 Å². The first kappa shape index (κ1) is 13.8. The second-order valence-electron chi connectivity index (χ2n) is 4.30. The Bertz CT molecular complexity index is 285. The van der Waals surface area contributed by atoms with Crippen LogP contribution in [0.5, 0.6) is 0 Å². The zero-order valence-electron chi connectivity index (χ0n) is 10.0. The summed E-state index contributed by atoms with van der Waals surface area (Å²) in [6.45, 7) is 2.24. The Kier molecular flexibility index (Phi) is 6.81. The van der Waals surface area contributed by atoms with Gasteiger partial charge in [0.1, 0.15) is 5.76 Å². The number of furan rings is 1. The van der Waals surface area contributed by atoms with Crippen molar-refractivity contribution in [2.24, 2.45) is 5.73 Å². The van der Waals surface area contributed by atoms with Crippen LogP contribution in [0.3, 0.4) is 0 Å². The van der Waals surface area contributed by atoms with E-state index < -0.39 is 0 Å². The highest BCUT2D eigenvalue weighted by molar-refractivity contribution is 9.10. The number of nitrogens with two attached hydrogens (primary N) is 1. The van der Waals surface area contributed by atoms with Gasteiger partial charge in [-0.05, 0) is 28.4 Å². The maximum atomic E-state index is 6.06. The molecule has 16 heavy (non-hydrogen) atoms. The van der Waals surface area contributed by atoms with Gasteiger partial charge in [-0.3, -0.25) is 0 Å². The quantitative estimate of drug-likeness (QED) is 0.698. The lowest BCUT2D eigenvalue weighted by Gasteiger charge is -2.09. The topological polar surface area (TPSA) is 39.2 Å². The van der Waals surface area contributed by atoms with Crippen LogP contribution in [0.4, 0.5) is 0 Å². The van der Waals surface area contributed by atoms with Gasteiger partial charge in [-0.1, -0.05) is 45.4 Å². The van der Waals surface area contributed by atoms with Gasteiger partial charge >= 0.3 is 0 Å². The maximum absolute atomic E-state index is 6.06. The number of unbranched alkanes of at least 4 members (excludes halogenated alkanes) is 5. The standard InChI is InChI=1S/C13H22BrNO/c1-2-3-4-5-6-7-8-12(15)13-11(14)9-10-16-13/h9-10,12H,2-8,15H2,1H3. The van der Waals surface area contributed by atoms with Crippen LogP contribution in [-0.4, -0.2) is 0 Å². The SMILES string of the molecule is CCCCCCCCC(N)c1occc1Br. The molecule has 0 aliphatic carbocycles. The fourth-order valence-electron chi connectivity index (χ4n) is 1.85. The lowest BCUT2D eigenvalue weighted by Crippen LogP contribution is -2.09. The average Bonchev–Trinajstić information content (AvgIpc) is 2.69. The first-order valence-electron chi connectivity index (χ1n) is 6.24. The van der Waals surface area contributed by atoms with Gasteiger partial charge in [0, 0.05) is 0 Å². The molecule has 1 rings (SSSR count). The van der Waals surface area contributed by atoms with Crippen LogP contribution in [0.25, 0.3) is 0 Å². The van der Waals surface area contributed by atoms with Crippen LogP contribution >= 0.6 is 15.9 Å². The first-order chi connectivity index (χ1) is 7.75. The number of hydrogen-bond donors (Lipinski definition) is 1. The minimum Gasteiger partial charge on any atom is -0.466 e. The van der Waals surface area contributed by atoms with Crippen LogP contribution in [0.15, 0.2) is 21.2 Å². The van der Waals surface area contributed by atoms with E-state index in [-0.39, 0.29) is 6.04 Å². The molecule has 0 aromatic carbocycles. The molecule has 0 radical (unpaired) electrons. The van der Waals surface area contributed by atoms with Crippen molar-refractivity contribution in [3.8, 4) is 0 Å². The molecule has 0 spiro atoms. The van der Waals surface area contributed by atoms with Gasteiger partial charge in [0.25, 0.3) is 0 Å². The third-order valence-corrected chi connectivity index (χ3v) is 3.51. The molecule has 0 bridgehead atoms. The molecule has 3 heteroatoms. The summed E-state index contributed by atoms with van der Waals surface area (Å²) in [6.07, 6.45) is 10.5. The van der Waals surface area contributed by atoms with Gasteiger partial charge in [-0.2, -0.15) is 0 Å². The third kappa shape index (κ3) is 4.71. The molecule has 1 aromatic heterocycles. The average molecular weight is 288 g/mol. The Hall–Kier alpha value is -0.280. The summed E-state index contributed by atoms with van der Waals surface area (Å²) in [4.78, 5) is 0. The molecule has 1 heterocycles. The Balaban J connectivity index is 2.11. The van der Waals surface area contributed by atoms with E-state index in [0.29, 0.717) is 0 Å². The van der Waals surface area contributed by atoms with E-state index in [1.54, 1.807) is 6.26 Å². The van der Waals surface area contributed by atoms with E-state index >= 15 is 0 Å². The largest absolute Gasteiger partial charge is 0.466 e. The molecular formula is C13H22BrNO. The number of rotatable bonds is 8. The van der Waals surface area contributed by atoms with Gasteiger partial charge in [0.05, 0.1) is 16.8 Å². The molecule has 0 saturated carbocycles. The van der Waals surface area contributed by atoms with Gasteiger partial charge in [0.2, 0.25) is 0 Å². The minimum atomic E-state index is 0.0375. The molecule has 1 atom stereocenters. The second kappa shape index (κ2) is 7.91. The van der Waals surface area contributed by atoms with E-state index in [0.717, 1.165) is 16.7 Å². The zero-order chi connectivity index (χ0) is 11.8. The van der Waals surface area contributed by atoms with E-state index in [1.807, 2.05) is 6.07 Å². The smallest absolute Gasteiger partial charge is 0.134 e. The van der Waals surface area contributed by atoms with E-state index in [1.165, 1.54) is 38.5 Å². The summed E-state index contributed by atoms with van der Waals surface area (Å²) < 4.78 is 6.34. The highest BCUT2D eigenvalue weighted by Crippen LogP contribution is 2.26. The summed E-state index contributed by atoms with van der Waals surface area (Å²) >= 11 is 3.44. The van der Waals surface area contributed by atoms with E-state index in [4.69, 9.17) is 10.2 Å². The third-order valence-electron chi connectivity index (χ3n) is 2.85. The molecule has 0 saturated heterocycles. The molecule has 2 N–H and O–H groups in total. The molecule has 1 unspecified atom stereocenters. The second-order valence-corrected chi connectivity index (χ2v) is 5.15. The van der Waals surface area contributed by atoms with Gasteiger partial charge in [-0.25, -0.2) is 0 Å². The fraction of sp³-hybridized carbons (Fsp3) is 0.692. The molecule has 0 aliphatic heterocycles.